The van der Waals surface area contributed by atoms with Crippen LogP contribution in [0.1, 0.15) is 13.8 Å². The summed E-state index contributed by atoms with van der Waals surface area (Å²) >= 11 is 3.09. The minimum absolute atomic E-state index is 0.120. The molecule has 0 aliphatic rings. The molecule has 0 rings (SSSR count). The normalized spacial score (nSPS) is 11.4. The molecular weight excluding hydrogens is 210 g/mol. The van der Waals surface area contributed by atoms with E-state index in [1.807, 2.05) is 6.92 Å². The van der Waals surface area contributed by atoms with Crippen molar-refractivity contribution in [1.82, 2.24) is 5.32 Å². The van der Waals surface area contributed by atoms with Crippen LogP contribution in [0, 0.1) is 0 Å². The lowest BCUT2D eigenvalue weighted by atomic mass is 10.5. The molecule has 0 unspecified atom stereocenters. The Kier molecular flexibility index (Phi) is 6.16. The fourth-order valence-electron chi connectivity index (χ4n) is 0.478. The molecule has 0 aromatic carbocycles. The Balaban J connectivity index is 3.53. The van der Waals surface area contributed by atoms with E-state index in [4.69, 9.17) is 4.74 Å². The molecule has 0 atom stereocenters. The summed E-state index contributed by atoms with van der Waals surface area (Å²) in [5, 5.41) is 2.61. The number of carbonyl (C=O) groups is 1. The first kappa shape index (κ1) is 10.7. The van der Waals surface area contributed by atoms with Crippen LogP contribution in [0.4, 0.5) is 0 Å². The molecule has 0 fully saturated rings. The summed E-state index contributed by atoms with van der Waals surface area (Å²) in [4.78, 5) is 12.5. The highest BCUT2D eigenvalue weighted by molar-refractivity contribution is 9.11. The van der Waals surface area contributed by atoms with Crippen molar-refractivity contribution in [3.8, 4) is 0 Å². The van der Waals surface area contributed by atoms with Gasteiger partial charge in [-0.05, 0) is 13.8 Å². The maximum absolute atomic E-state index is 10.9. The number of halogens is 1. The van der Waals surface area contributed by atoms with E-state index < -0.39 is 0 Å². The smallest absolute Gasteiger partial charge is 0.250 e. The van der Waals surface area contributed by atoms with E-state index in [0.717, 1.165) is 5.70 Å². The number of rotatable bonds is 4. The van der Waals surface area contributed by atoms with Crippen molar-refractivity contribution in [2.24, 2.45) is 0 Å². The Bertz CT molecular complexity index is 157. The van der Waals surface area contributed by atoms with Crippen molar-refractivity contribution in [3.05, 3.63) is 10.7 Å². The summed E-state index contributed by atoms with van der Waals surface area (Å²) in [5.74, 6) is -0.125. The molecule has 0 bridgehead atoms. The summed E-state index contributed by atoms with van der Waals surface area (Å²) in [6.07, 6.45) is 0. The van der Waals surface area contributed by atoms with Gasteiger partial charge in [-0.25, -0.2) is 0 Å². The number of allylic oxidation sites excluding steroid dienone is 1. The minimum Gasteiger partial charge on any atom is -0.372 e. The summed E-state index contributed by atoms with van der Waals surface area (Å²) in [7, 11) is 0. The summed E-state index contributed by atoms with van der Waals surface area (Å²) < 4.78 is 4.89. The van der Waals surface area contributed by atoms with Gasteiger partial charge in [0.2, 0.25) is 5.91 Å². The van der Waals surface area contributed by atoms with Crippen LogP contribution in [0.2, 0.25) is 0 Å². The molecule has 0 aromatic rings. The van der Waals surface area contributed by atoms with Crippen LogP contribution < -0.4 is 5.32 Å². The molecule has 0 aliphatic heterocycles. The number of amides is 1. The molecule has 64 valence electrons. The highest BCUT2D eigenvalue weighted by atomic mass is 79.9. The average molecular weight is 222 g/mol. The van der Waals surface area contributed by atoms with E-state index >= 15 is 0 Å². The predicted molar refractivity (Wildman–Crippen MR) is 47.3 cm³/mol. The maximum Gasteiger partial charge on any atom is 0.250 e. The number of nitrogens with one attached hydrogen (secondary N) is 1. The second-order valence-electron chi connectivity index (χ2n) is 1.98. The van der Waals surface area contributed by atoms with Crippen molar-refractivity contribution < 1.29 is 9.53 Å². The van der Waals surface area contributed by atoms with Gasteiger partial charge in [-0.1, -0.05) is 15.9 Å². The lowest BCUT2D eigenvalue weighted by Gasteiger charge is -2.03. The third-order valence-electron chi connectivity index (χ3n) is 0.938. The fourth-order valence-corrected chi connectivity index (χ4v) is 0.592. The number of hydrogen-bond acceptors (Lipinski definition) is 2. The molecule has 0 radical (unpaired) electrons. The standard InChI is InChI=1S/C7H12BrNO2/c1-3-11-5-7(10)9-6(2)4-8/h4H,3,5H2,1-2H3,(H,9,10)/b6-4+. The highest BCUT2D eigenvalue weighted by Gasteiger charge is 1.98. The SMILES string of the molecule is CCOCC(=O)N/C(C)=C/Br. The second kappa shape index (κ2) is 6.37. The largest absolute Gasteiger partial charge is 0.372 e. The van der Waals surface area contributed by atoms with E-state index in [2.05, 4.69) is 21.2 Å². The van der Waals surface area contributed by atoms with Gasteiger partial charge in [0.05, 0.1) is 0 Å². The molecule has 0 aliphatic carbocycles. The third-order valence-corrected chi connectivity index (χ3v) is 1.62. The fraction of sp³-hybridized carbons (Fsp3) is 0.571. The van der Waals surface area contributed by atoms with E-state index in [9.17, 15) is 4.79 Å². The number of carbonyl (C=O) groups excluding carboxylic acids is 1. The molecule has 4 heteroatoms. The molecule has 11 heavy (non-hydrogen) atoms. The van der Waals surface area contributed by atoms with Crippen molar-refractivity contribution in [3.63, 3.8) is 0 Å². The average Bonchev–Trinajstić information content (AvgIpc) is 2.00. The maximum atomic E-state index is 10.9. The highest BCUT2D eigenvalue weighted by Crippen LogP contribution is 1.91. The molecule has 0 aromatic heterocycles. The molecule has 1 amide bonds. The number of ether oxygens (including phenoxy) is 1. The first-order chi connectivity index (χ1) is 5.20. The van der Waals surface area contributed by atoms with E-state index in [0.29, 0.717) is 6.61 Å². The van der Waals surface area contributed by atoms with Gasteiger partial charge >= 0.3 is 0 Å². The van der Waals surface area contributed by atoms with Crippen LogP contribution >= 0.6 is 15.9 Å². The summed E-state index contributed by atoms with van der Waals surface area (Å²) in [6.45, 7) is 4.32. The van der Waals surface area contributed by atoms with Crippen molar-refractivity contribution in [1.29, 1.82) is 0 Å². The van der Waals surface area contributed by atoms with Crippen molar-refractivity contribution >= 4 is 21.8 Å². The summed E-state index contributed by atoms with van der Waals surface area (Å²) in [6, 6.07) is 0. The Morgan fingerprint density at radius 2 is 2.36 bits per heavy atom. The van der Waals surface area contributed by atoms with E-state index in [1.165, 1.54) is 0 Å². The van der Waals surface area contributed by atoms with Gasteiger partial charge in [-0.15, -0.1) is 0 Å². The first-order valence-corrected chi connectivity index (χ1v) is 4.26. The van der Waals surface area contributed by atoms with Gasteiger partial charge in [0.15, 0.2) is 0 Å². The molecule has 0 saturated carbocycles. The molecule has 0 heterocycles. The van der Waals surface area contributed by atoms with Gasteiger partial charge in [-0.2, -0.15) is 0 Å². The predicted octanol–water partition coefficient (Wildman–Crippen LogP) is 1.40. The van der Waals surface area contributed by atoms with Gasteiger partial charge in [0.25, 0.3) is 0 Å². The Labute approximate surface area is 74.9 Å². The lowest BCUT2D eigenvalue weighted by molar-refractivity contribution is -0.124. The van der Waals surface area contributed by atoms with Crippen molar-refractivity contribution in [2.75, 3.05) is 13.2 Å². The van der Waals surface area contributed by atoms with Crippen LogP contribution in [0.5, 0.6) is 0 Å². The first-order valence-electron chi connectivity index (χ1n) is 3.35. The minimum atomic E-state index is -0.125. The van der Waals surface area contributed by atoms with Crippen LogP contribution in [-0.2, 0) is 9.53 Å². The van der Waals surface area contributed by atoms with Crippen LogP contribution in [0.3, 0.4) is 0 Å². The van der Waals surface area contributed by atoms with Gasteiger partial charge in [0, 0.05) is 17.3 Å². The second-order valence-corrected chi connectivity index (χ2v) is 2.44. The molecular formula is C7H12BrNO2. The third kappa shape index (κ3) is 6.06. The lowest BCUT2D eigenvalue weighted by Crippen LogP contribution is -2.25. The molecule has 0 saturated heterocycles. The summed E-state index contributed by atoms with van der Waals surface area (Å²) in [5.41, 5.74) is 0.773. The quantitative estimate of drug-likeness (QED) is 0.780. The monoisotopic (exact) mass is 221 g/mol. The van der Waals surface area contributed by atoms with Gasteiger partial charge in [-0.3, -0.25) is 4.79 Å². The van der Waals surface area contributed by atoms with E-state index in [-0.39, 0.29) is 12.5 Å². The van der Waals surface area contributed by atoms with E-state index in [1.54, 1.807) is 11.9 Å². The number of hydrogen-bond donors (Lipinski definition) is 1. The molecule has 1 N–H and O–H groups in total. The van der Waals surface area contributed by atoms with Crippen LogP contribution in [-0.4, -0.2) is 19.1 Å². The zero-order valence-corrected chi connectivity index (χ0v) is 8.27. The van der Waals surface area contributed by atoms with Crippen LogP contribution in [0.25, 0.3) is 0 Å². The zero-order valence-electron chi connectivity index (χ0n) is 6.69. The molecule has 0 spiro atoms. The van der Waals surface area contributed by atoms with Crippen molar-refractivity contribution in [2.45, 2.75) is 13.8 Å². The topological polar surface area (TPSA) is 38.3 Å². The van der Waals surface area contributed by atoms with Gasteiger partial charge in [0.1, 0.15) is 6.61 Å². The Morgan fingerprint density at radius 1 is 1.73 bits per heavy atom. The van der Waals surface area contributed by atoms with Gasteiger partial charge < -0.3 is 10.1 Å². The Morgan fingerprint density at radius 3 is 2.82 bits per heavy atom. The Hall–Kier alpha value is -0.350. The van der Waals surface area contributed by atoms with Crippen LogP contribution in [0.15, 0.2) is 10.7 Å². The zero-order chi connectivity index (χ0) is 8.69. The molecule has 3 nitrogen and oxygen atoms in total.